The number of rotatable bonds is 6. The van der Waals surface area contributed by atoms with Crippen molar-refractivity contribution in [3.05, 3.63) is 0 Å². The van der Waals surface area contributed by atoms with E-state index in [1.807, 2.05) is 16.7 Å². The highest BCUT2D eigenvalue weighted by molar-refractivity contribution is 8.01. The molecule has 2 rings (SSSR count). The van der Waals surface area contributed by atoms with E-state index in [0.717, 1.165) is 31.7 Å². The third kappa shape index (κ3) is 4.38. The SMILES string of the molecule is CC(C)CCC(=O)N1CC2(C[C@H](OCC(=O)N(C)C)CS2)C1. The van der Waals surface area contributed by atoms with Gasteiger partial charge in [-0.2, -0.15) is 0 Å². The number of likely N-dealkylation sites (N-methyl/N-ethyl adjacent to an activating group) is 1. The Morgan fingerprint density at radius 1 is 1.36 bits per heavy atom. The lowest BCUT2D eigenvalue weighted by molar-refractivity contribution is -0.137. The van der Waals surface area contributed by atoms with E-state index in [-0.39, 0.29) is 29.3 Å². The minimum atomic E-state index is 0.00468. The van der Waals surface area contributed by atoms with Crippen LogP contribution >= 0.6 is 11.8 Å². The number of amides is 2. The molecule has 0 aliphatic carbocycles. The maximum absolute atomic E-state index is 12.1. The molecule has 2 aliphatic heterocycles. The van der Waals surface area contributed by atoms with Crippen LogP contribution in [0.1, 0.15) is 33.1 Å². The van der Waals surface area contributed by atoms with Gasteiger partial charge in [-0.05, 0) is 18.8 Å². The minimum Gasteiger partial charge on any atom is -0.367 e. The van der Waals surface area contributed by atoms with Crippen LogP contribution in [0.5, 0.6) is 0 Å². The van der Waals surface area contributed by atoms with Gasteiger partial charge in [-0.15, -0.1) is 11.8 Å². The summed E-state index contributed by atoms with van der Waals surface area (Å²) in [6, 6.07) is 0. The van der Waals surface area contributed by atoms with Gasteiger partial charge in [0.2, 0.25) is 11.8 Å². The van der Waals surface area contributed by atoms with E-state index < -0.39 is 0 Å². The zero-order valence-corrected chi connectivity index (χ0v) is 14.9. The summed E-state index contributed by atoms with van der Waals surface area (Å²) in [5.41, 5.74) is 0. The molecule has 2 fully saturated rings. The third-order valence-electron chi connectivity index (χ3n) is 4.36. The van der Waals surface area contributed by atoms with Crippen molar-refractivity contribution in [1.29, 1.82) is 0 Å². The Bertz CT molecular complexity index is 420. The normalized spacial score (nSPS) is 23.0. The number of hydrogen-bond donors (Lipinski definition) is 0. The zero-order valence-electron chi connectivity index (χ0n) is 14.1. The third-order valence-corrected chi connectivity index (χ3v) is 5.94. The number of carbonyl (C=O) groups is 2. The first-order valence-corrected chi connectivity index (χ1v) is 9.03. The molecule has 2 saturated heterocycles. The average molecular weight is 328 g/mol. The molecule has 1 spiro atoms. The van der Waals surface area contributed by atoms with Gasteiger partial charge in [-0.25, -0.2) is 0 Å². The van der Waals surface area contributed by atoms with Crippen LogP contribution in [0.3, 0.4) is 0 Å². The first-order valence-electron chi connectivity index (χ1n) is 8.05. The molecule has 1 atom stereocenters. The predicted octanol–water partition coefficient (Wildman–Crippen LogP) is 1.61. The number of likely N-dealkylation sites (tertiary alicyclic amines) is 1. The predicted molar refractivity (Wildman–Crippen MR) is 88.9 cm³/mol. The van der Waals surface area contributed by atoms with Gasteiger partial charge in [0, 0.05) is 39.4 Å². The minimum absolute atomic E-state index is 0.00468. The van der Waals surface area contributed by atoms with Crippen molar-refractivity contribution in [2.45, 2.75) is 44.0 Å². The lowest BCUT2D eigenvalue weighted by Gasteiger charge is -2.47. The Labute approximate surface area is 137 Å². The fraction of sp³-hybridized carbons (Fsp3) is 0.875. The molecule has 126 valence electrons. The molecule has 0 aromatic carbocycles. The second kappa shape index (κ2) is 7.21. The maximum Gasteiger partial charge on any atom is 0.248 e. The highest BCUT2D eigenvalue weighted by Gasteiger charge is 2.50. The molecule has 0 unspecified atom stereocenters. The zero-order chi connectivity index (χ0) is 16.3. The summed E-state index contributed by atoms with van der Waals surface area (Å²) in [7, 11) is 3.48. The molecule has 2 heterocycles. The van der Waals surface area contributed by atoms with Crippen molar-refractivity contribution >= 4 is 23.6 Å². The number of carbonyl (C=O) groups excluding carboxylic acids is 2. The van der Waals surface area contributed by atoms with E-state index in [9.17, 15) is 9.59 Å². The molecule has 0 radical (unpaired) electrons. The largest absolute Gasteiger partial charge is 0.367 e. The summed E-state index contributed by atoms with van der Waals surface area (Å²) < 4.78 is 5.90. The molecule has 0 bridgehead atoms. The van der Waals surface area contributed by atoms with Crippen LogP contribution in [0.25, 0.3) is 0 Å². The summed E-state index contributed by atoms with van der Waals surface area (Å²) in [5, 5.41) is 0. The molecule has 0 saturated carbocycles. The topological polar surface area (TPSA) is 49.9 Å². The van der Waals surface area contributed by atoms with Crippen LogP contribution in [-0.4, -0.2) is 72.0 Å². The van der Waals surface area contributed by atoms with E-state index >= 15 is 0 Å². The van der Waals surface area contributed by atoms with Gasteiger partial charge in [0.1, 0.15) is 6.61 Å². The molecule has 22 heavy (non-hydrogen) atoms. The Balaban J connectivity index is 1.69. The molecule has 0 aromatic heterocycles. The number of hydrogen-bond acceptors (Lipinski definition) is 4. The summed E-state index contributed by atoms with van der Waals surface area (Å²) in [5.74, 6) is 1.79. The van der Waals surface area contributed by atoms with Crippen molar-refractivity contribution < 1.29 is 14.3 Å². The van der Waals surface area contributed by atoms with Gasteiger partial charge in [0.25, 0.3) is 0 Å². The van der Waals surface area contributed by atoms with Crippen LogP contribution < -0.4 is 0 Å². The highest BCUT2D eigenvalue weighted by atomic mass is 32.2. The van der Waals surface area contributed by atoms with Gasteiger partial charge in [-0.1, -0.05) is 13.8 Å². The maximum atomic E-state index is 12.1. The summed E-state index contributed by atoms with van der Waals surface area (Å²) in [6.45, 7) is 6.14. The fourth-order valence-corrected chi connectivity index (χ4v) is 4.40. The van der Waals surface area contributed by atoms with E-state index in [4.69, 9.17) is 4.74 Å². The molecular formula is C16H28N2O3S. The van der Waals surface area contributed by atoms with E-state index in [1.54, 1.807) is 19.0 Å². The summed E-state index contributed by atoms with van der Waals surface area (Å²) in [6.07, 6.45) is 2.72. The molecule has 5 nitrogen and oxygen atoms in total. The quantitative estimate of drug-likeness (QED) is 0.743. The van der Waals surface area contributed by atoms with Crippen molar-refractivity contribution in [3.63, 3.8) is 0 Å². The standard InChI is InChI=1S/C16H28N2O3S/c1-12(2)5-6-14(19)18-10-16(11-18)7-13(9-22-16)21-8-15(20)17(3)4/h12-13H,5-11H2,1-4H3/t13-/m0/s1. The number of thioether (sulfide) groups is 1. The van der Waals surface area contributed by atoms with E-state index in [1.165, 1.54) is 0 Å². The van der Waals surface area contributed by atoms with Crippen molar-refractivity contribution in [1.82, 2.24) is 9.80 Å². The van der Waals surface area contributed by atoms with E-state index in [0.29, 0.717) is 12.3 Å². The van der Waals surface area contributed by atoms with Crippen LogP contribution in [-0.2, 0) is 14.3 Å². The molecule has 2 amide bonds. The first-order chi connectivity index (χ1) is 10.3. The van der Waals surface area contributed by atoms with Crippen LogP contribution in [0, 0.1) is 5.92 Å². The molecule has 6 heteroatoms. The number of nitrogens with zero attached hydrogens (tertiary/aromatic N) is 2. The highest BCUT2D eigenvalue weighted by Crippen LogP contribution is 2.46. The van der Waals surface area contributed by atoms with Crippen LogP contribution in [0.4, 0.5) is 0 Å². The lowest BCUT2D eigenvalue weighted by atomic mass is 9.92. The van der Waals surface area contributed by atoms with Gasteiger partial charge in [-0.3, -0.25) is 9.59 Å². The Morgan fingerprint density at radius 3 is 2.64 bits per heavy atom. The van der Waals surface area contributed by atoms with Crippen molar-refractivity contribution in [2.24, 2.45) is 5.92 Å². The van der Waals surface area contributed by atoms with Gasteiger partial charge < -0.3 is 14.5 Å². The van der Waals surface area contributed by atoms with Gasteiger partial charge >= 0.3 is 0 Å². The van der Waals surface area contributed by atoms with Crippen LogP contribution in [0.2, 0.25) is 0 Å². The van der Waals surface area contributed by atoms with Crippen molar-refractivity contribution in [2.75, 3.05) is 39.5 Å². The van der Waals surface area contributed by atoms with E-state index in [2.05, 4.69) is 13.8 Å². The fourth-order valence-electron chi connectivity index (χ4n) is 2.84. The summed E-state index contributed by atoms with van der Waals surface area (Å²) >= 11 is 1.90. The molecular weight excluding hydrogens is 300 g/mol. The molecule has 0 N–H and O–H groups in total. The Kier molecular flexibility index (Phi) is 5.77. The second-order valence-electron chi connectivity index (χ2n) is 7.10. The number of ether oxygens (including phenoxy) is 1. The Hall–Kier alpha value is -0.750. The monoisotopic (exact) mass is 328 g/mol. The molecule has 2 aliphatic rings. The van der Waals surface area contributed by atoms with Crippen LogP contribution in [0.15, 0.2) is 0 Å². The van der Waals surface area contributed by atoms with Gasteiger partial charge in [0.15, 0.2) is 0 Å². The van der Waals surface area contributed by atoms with Gasteiger partial charge in [0.05, 0.1) is 10.9 Å². The molecule has 0 aromatic rings. The van der Waals surface area contributed by atoms with Crippen molar-refractivity contribution in [3.8, 4) is 0 Å². The smallest absolute Gasteiger partial charge is 0.248 e. The summed E-state index contributed by atoms with van der Waals surface area (Å²) in [4.78, 5) is 27.2. The average Bonchev–Trinajstić information content (AvgIpc) is 2.84. The first kappa shape index (κ1) is 17.6. The second-order valence-corrected chi connectivity index (χ2v) is 8.59. The Morgan fingerprint density at radius 2 is 2.05 bits per heavy atom. The lowest BCUT2D eigenvalue weighted by Crippen LogP contribution is -2.60.